The summed E-state index contributed by atoms with van der Waals surface area (Å²) in [5.41, 5.74) is 1.23. The maximum absolute atomic E-state index is 4.47. The maximum atomic E-state index is 4.47. The molecule has 1 aliphatic rings. The summed E-state index contributed by atoms with van der Waals surface area (Å²) in [7, 11) is 2.20. The Morgan fingerprint density at radius 1 is 1.14 bits per heavy atom. The van der Waals surface area contributed by atoms with Gasteiger partial charge in [-0.15, -0.1) is 0 Å². The number of likely N-dealkylation sites (tertiary alicyclic amines) is 1. The van der Waals surface area contributed by atoms with Gasteiger partial charge in [-0.25, -0.2) is 9.97 Å². The van der Waals surface area contributed by atoms with E-state index in [0.717, 1.165) is 43.5 Å². The van der Waals surface area contributed by atoms with Crippen LogP contribution in [0.15, 0.2) is 6.33 Å². The lowest BCUT2D eigenvalue weighted by Crippen LogP contribution is -2.33. The molecule has 0 aromatic carbocycles. The van der Waals surface area contributed by atoms with Crippen LogP contribution in [0.1, 0.15) is 38.7 Å². The van der Waals surface area contributed by atoms with Crippen LogP contribution in [0.4, 0.5) is 11.6 Å². The fourth-order valence-electron chi connectivity index (χ4n) is 2.88. The highest BCUT2D eigenvalue weighted by atomic mass is 15.1. The van der Waals surface area contributed by atoms with Crippen molar-refractivity contribution in [1.82, 2.24) is 14.9 Å². The van der Waals surface area contributed by atoms with Crippen molar-refractivity contribution in [2.24, 2.45) is 5.92 Å². The van der Waals surface area contributed by atoms with E-state index in [1.807, 2.05) is 0 Å². The van der Waals surface area contributed by atoms with Crippen LogP contribution in [0.25, 0.3) is 0 Å². The van der Waals surface area contributed by atoms with Crippen LogP contribution < -0.4 is 10.6 Å². The Hall–Kier alpha value is -1.36. The molecule has 0 bridgehead atoms. The number of anilines is 2. The van der Waals surface area contributed by atoms with Gasteiger partial charge in [0.1, 0.15) is 18.0 Å². The zero-order chi connectivity index (χ0) is 15.1. The predicted molar refractivity (Wildman–Crippen MR) is 88.9 cm³/mol. The normalized spacial score (nSPS) is 16.9. The van der Waals surface area contributed by atoms with Gasteiger partial charge in [0.2, 0.25) is 0 Å². The van der Waals surface area contributed by atoms with Gasteiger partial charge >= 0.3 is 0 Å². The molecule has 0 unspecified atom stereocenters. The topological polar surface area (TPSA) is 53.1 Å². The number of hydrogen-bond donors (Lipinski definition) is 2. The van der Waals surface area contributed by atoms with Crippen molar-refractivity contribution < 1.29 is 0 Å². The molecule has 1 aromatic rings. The highest BCUT2D eigenvalue weighted by Crippen LogP contribution is 2.23. The third kappa shape index (κ3) is 4.56. The van der Waals surface area contributed by atoms with Crippen LogP contribution in [0, 0.1) is 5.92 Å². The Bertz CT molecular complexity index is 427. The third-order valence-electron chi connectivity index (χ3n) is 4.19. The van der Waals surface area contributed by atoms with Crippen LogP contribution in [0.5, 0.6) is 0 Å². The summed E-state index contributed by atoms with van der Waals surface area (Å²) in [4.78, 5) is 11.3. The van der Waals surface area contributed by atoms with Crippen molar-refractivity contribution in [2.45, 2.75) is 39.5 Å². The van der Waals surface area contributed by atoms with Crippen LogP contribution in [-0.4, -0.2) is 48.1 Å². The number of rotatable bonds is 7. The lowest BCUT2D eigenvalue weighted by molar-refractivity contribution is 0.226. The third-order valence-corrected chi connectivity index (χ3v) is 4.19. The van der Waals surface area contributed by atoms with Gasteiger partial charge in [0.25, 0.3) is 0 Å². The van der Waals surface area contributed by atoms with Gasteiger partial charge in [0, 0.05) is 18.7 Å². The molecule has 2 rings (SSSR count). The number of nitrogens with one attached hydrogen (secondary N) is 2. The van der Waals surface area contributed by atoms with Crippen LogP contribution in [0.3, 0.4) is 0 Å². The Labute approximate surface area is 128 Å². The van der Waals surface area contributed by atoms with E-state index in [1.54, 1.807) is 6.33 Å². The van der Waals surface area contributed by atoms with E-state index >= 15 is 0 Å². The molecule has 2 heterocycles. The van der Waals surface area contributed by atoms with Crippen LogP contribution >= 0.6 is 0 Å². The minimum Gasteiger partial charge on any atom is -0.370 e. The van der Waals surface area contributed by atoms with E-state index in [1.165, 1.54) is 31.5 Å². The molecule has 0 aliphatic carbocycles. The number of hydrogen-bond acceptors (Lipinski definition) is 5. The summed E-state index contributed by atoms with van der Waals surface area (Å²) in [6.07, 6.45) is 6.33. The monoisotopic (exact) mass is 291 g/mol. The van der Waals surface area contributed by atoms with Gasteiger partial charge in [-0.1, -0.05) is 13.3 Å². The highest BCUT2D eigenvalue weighted by Gasteiger charge is 2.17. The second-order valence-corrected chi connectivity index (χ2v) is 5.96. The van der Waals surface area contributed by atoms with Gasteiger partial charge in [-0.3, -0.25) is 0 Å². The second kappa shape index (κ2) is 8.17. The molecule has 1 aliphatic heterocycles. The summed E-state index contributed by atoms with van der Waals surface area (Å²) in [5, 5.41) is 6.92. The summed E-state index contributed by atoms with van der Waals surface area (Å²) in [5.74, 6) is 2.76. The van der Waals surface area contributed by atoms with E-state index in [4.69, 9.17) is 0 Å². The molecule has 21 heavy (non-hydrogen) atoms. The summed E-state index contributed by atoms with van der Waals surface area (Å²) in [6, 6.07) is 0. The molecule has 0 saturated carbocycles. The summed E-state index contributed by atoms with van der Waals surface area (Å²) in [6.45, 7) is 8.63. The standard InChI is InChI=1S/C16H29N5/c1-4-6-14-15(17-5-2)19-12-20-16(14)18-11-13-7-9-21(3)10-8-13/h12-13H,4-11H2,1-3H3,(H2,17,18,19,20). The smallest absolute Gasteiger partial charge is 0.134 e. The van der Waals surface area contributed by atoms with Crippen LogP contribution in [-0.2, 0) is 6.42 Å². The van der Waals surface area contributed by atoms with Crippen molar-refractivity contribution in [3.05, 3.63) is 11.9 Å². The average molecular weight is 291 g/mol. The zero-order valence-electron chi connectivity index (χ0n) is 13.7. The van der Waals surface area contributed by atoms with Crippen molar-refractivity contribution in [3.8, 4) is 0 Å². The van der Waals surface area contributed by atoms with Crippen molar-refractivity contribution in [1.29, 1.82) is 0 Å². The van der Waals surface area contributed by atoms with Crippen LogP contribution in [0.2, 0.25) is 0 Å². The van der Waals surface area contributed by atoms with Gasteiger partial charge < -0.3 is 15.5 Å². The van der Waals surface area contributed by atoms with E-state index in [-0.39, 0.29) is 0 Å². The molecule has 5 heteroatoms. The predicted octanol–water partition coefficient (Wildman–Crippen LogP) is 2.61. The minimum atomic E-state index is 0.758. The average Bonchev–Trinajstić information content (AvgIpc) is 2.49. The Morgan fingerprint density at radius 2 is 1.81 bits per heavy atom. The molecule has 0 amide bonds. The number of piperidine rings is 1. The molecular formula is C16H29N5. The van der Waals surface area contributed by atoms with E-state index in [2.05, 4.69) is 46.4 Å². The molecule has 0 spiro atoms. The molecule has 5 nitrogen and oxygen atoms in total. The first-order chi connectivity index (χ1) is 10.2. The fourth-order valence-corrected chi connectivity index (χ4v) is 2.88. The summed E-state index contributed by atoms with van der Waals surface area (Å²) < 4.78 is 0. The first-order valence-electron chi connectivity index (χ1n) is 8.24. The van der Waals surface area contributed by atoms with Crippen molar-refractivity contribution in [2.75, 3.05) is 43.9 Å². The fraction of sp³-hybridized carbons (Fsp3) is 0.750. The number of nitrogens with zero attached hydrogens (tertiary/aromatic N) is 3. The second-order valence-electron chi connectivity index (χ2n) is 5.96. The lowest BCUT2D eigenvalue weighted by Gasteiger charge is -2.29. The summed E-state index contributed by atoms with van der Waals surface area (Å²) >= 11 is 0. The first-order valence-corrected chi connectivity index (χ1v) is 8.24. The minimum absolute atomic E-state index is 0.758. The molecule has 1 aromatic heterocycles. The van der Waals surface area contributed by atoms with E-state index < -0.39 is 0 Å². The molecule has 1 saturated heterocycles. The molecule has 1 fully saturated rings. The Balaban J connectivity index is 1.99. The Kier molecular flexibility index (Phi) is 6.23. The first kappa shape index (κ1) is 16.0. The van der Waals surface area contributed by atoms with Crippen molar-refractivity contribution in [3.63, 3.8) is 0 Å². The molecule has 2 N–H and O–H groups in total. The molecule has 0 radical (unpaired) electrons. The van der Waals surface area contributed by atoms with Crippen molar-refractivity contribution >= 4 is 11.6 Å². The zero-order valence-corrected chi connectivity index (χ0v) is 13.7. The Morgan fingerprint density at radius 3 is 2.43 bits per heavy atom. The van der Waals surface area contributed by atoms with Gasteiger partial charge in [0.05, 0.1) is 0 Å². The van der Waals surface area contributed by atoms with Gasteiger partial charge in [-0.2, -0.15) is 0 Å². The number of aromatic nitrogens is 2. The van der Waals surface area contributed by atoms with Gasteiger partial charge in [-0.05, 0) is 52.2 Å². The van der Waals surface area contributed by atoms with E-state index in [0.29, 0.717) is 0 Å². The molecule has 118 valence electrons. The molecule has 0 atom stereocenters. The SMILES string of the molecule is CCCc1c(NCC)ncnc1NCC1CCN(C)CC1. The van der Waals surface area contributed by atoms with E-state index in [9.17, 15) is 0 Å². The lowest BCUT2D eigenvalue weighted by atomic mass is 9.97. The largest absolute Gasteiger partial charge is 0.370 e. The maximum Gasteiger partial charge on any atom is 0.134 e. The quantitative estimate of drug-likeness (QED) is 0.809. The highest BCUT2D eigenvalue weighted by molar-refractivity contribution is 5.57. The van der Waals surface area contributed by atoms with Gasteiger partial charge in [0.15, 0.2) is 0 Å². The molecular weight excluding hydrogens is 262 g/mol.